The average Bonchev–Trinajstić information content (AvgIpc) is 2.13. The van der Waals surface area contributed by atoms with Gasteiger partial charge in [0.05, 0.1) is 11.8 Å². The van der Waals surface area contributed by atoms with Gasteiger partial charge in [0.2, 0.25) is 11.8 Å². The van der Waals surface area contributed by atoms with Gasteiger partial charge < -0.3 is 5.32 Å². The van der Waals surface area contributed by atoms with Gasteiger partial charge in [0, 0.05) is 13.3 Å². The monoisotopic (exact) mass is 199 g/mol. The molecule has 0 aromatic rings. The molecule has 0 radical (unpaired) electrons. The number of hydrazone groups is 1. The first-order chi connectivity index (χ1) is 6.47. The predicted octanol–water partition coefficient (Wildman–Crippen LogP) is 0.413. The third kappa shape index (κ3) is 5.29. The SMILES string of the molecule is CCC(=O)NC(C)/C(C)=N/NC(C)=O. The topological polar surface area (TPSA) is 70.6 Å². The highest BCUT2D eigenvalue weighted by Crippen LogP contribution is 1.88. The fraction of sp³-hybridized carbons (Fsp3) is 0.667. The summed E-state index contributed by atoms with van der Waals surface area (Å²) in [5.74, 6) is -0.256. The Labute approximate surface area is 83.9 Å². The highest BCUT2D eigenvalue weighted by atomic mass is 16.2. The number of hydrogen-bond donors (Lipinski definition) is 2. The molecule has 0 aromatic heterocycles. The van der Waals surface area contributed by atoms with Crippen molar-refractivity contribution in [1.29, 1.82) is 0 Å². The van der Waals surface area contributed by atoms with E-state index < -0.39 is 0 Å². The second kappa shape index (κ2) is 6.12. The fourth-order valence-electron chi connectivity index (χ4n) is 0.712. The van der Waals surface area contributed by atoms with Crippen LogP contribution in [0.1, 0.15) is 34.1 Å². The van der Waals surface area contributed by atoms with Crippen molar-refractivity contribution < 1.29 is 9.59 Å². The lowest BCUT2D eigenvalue weighted by Crippen LogP contribution is -2.38. The number of rotatable bonds is 4. The summed E-state index contributed by atoms with van der Waals surface area (Å²) in [5, 5.41) is 6.55. The van der Waals surface area contributed by atoms with Gasteiger partial charge in [-0.1, -0.05) is 6.92 Å². The average molecular weight is 199 g/mol. The van der Waals surface area contributed by atoms with Gasteiger partial charge >= 0.3 is 0 Å². The molecule has 1 unspecified atom stereocenters. The first-order valence-electron chi connectivity index (χ1n) is 4.57. The molecule has 0 fully saturated rings. The van der Waals surface area contributed by atoms with Gasteiger partial charge in [-0.05, 0) is 13.8 Å². The summed E-state index contributed by atoms with van der Waals surface area (Å²) >= 11 is 0. The Bertz CT molecular complexity index is 248. The maximum absolute atomic E-state index is 11.0. The van der Waals surface area contributed by atoms with Crippen LogP contribution in [0.3, 0.4) is 0 Å². The van der Waals surface area contributed by atoms with Crippen molar-refractivity contribution in [3.63, 3.8) is 0 Å². The molecule has 14 heavy (non-hydrogen) atoms. The summed E-state index contributed by atoms with van der Waals surface area (Å²) in [7, 11) is 0. The Hall–Kier alpha value is -1.39. The van der Waals surface area contributed by atoms with Crippen molar-refractivity contribution in [2.24, 2.45) is 5.10 Å². The molecule has 0 heterocycles. The van der Waals surface area contributed by atoms with Crippen molar-refractivity contribution in [2.75, 3.05) is 0 Å². The molecular weight excluding hydrogens is 182 g/mol. The summed E-state index contributed by atoms with van der Waals surface area (Å²) in [6, 6.07) is -0.158. The van der Waals surface area contributed by atoms with Gasteiger partial charge in [0.1, 0.15) is 0 Å². The van der Waals surface area contributed by atoms with Crippen molar-refractivity contribution in [1.82, 2.24) is 10.7 Å². The van der Waals surface area contributed by atoms with Crippen LogP contribution in [0.15, 0.2) is 5.10 Å². The van der Waals surface area contributed by atoms with Crippen LogP contribution >= 0.6 is 0 Å². The highest BCUT2D eigenvalue weighted by molar-refractivity contribution is 5.91. The Morgan fingerprint density at radius 3 is 2.36 bits per heavy atom. The lowest BCUT2D eigenvalue weighted by molar-refractivity contribution is -0.121. The lowest BCUT2D eigenvalue weighted by atomic mass is 10.2. The van der Waals surface area contributed by atoms with Gasteiger partial charge in [-0.3, -0.25) is 9.59 Å². The number of amides is 2. The molecule has 1 atom stereocenters. The van der Waals surface area contributed by atoms with Crippen LogP contribution in [-0.4, -0.2) is 23.6 Å². The standard InChI is InChI=1S/C9H17N3O2/c1-5-9(14)10-6(2)7(3)11-12-8(4)13/h6H,5H2,1-4H3,(H,10,14)(H,12,13)/b11-7+. The molecule has 5 heteroatoms. The van der Waals surface area contributed by atoms with E-state index in [2.05, 4.69) is 15.8 Å². The van der Waals surface area contributed by atoms with Crippen LogP contribution in [0.2, 0.25) is 0 Å². The van der Waals surface area contributed by atoms with Crippen LogP contribution in [0.25, 0.3) is 0 Å². The molecule has 2 N–H and O–H groups in total. The zero-order valence-electron chi connectivity index (χ0n) is 9.05. The van der Waals surface area contributed by atoms with Gasteiger partial charge in [0.15, 0.2) is 0 Å². The molecule has 0 aromatic carbocycles. The third-order valence-electron chi connectivity index (χ3n) is 1.71. The molecule has 2 amide bonds. The zero-order chi connectivity index (χ0) is 11.1. The second-order valence-electron chi connectivity index (χ2n) is 3.06. The van der Waals surface area contributed by atoms with E-state index in [0.717, 1.165) is 0 Å². The first kappa shape index (κ1) is 12.6. The van der Waals surface area contributed by atoms with Crippen molar-refractivity contribution in [3.05, 3.63) is 0 Å². The maximum Gasteiger partial charge on any atom is 0.236 e. The van der Waals surface area contributed by atoms with Gasteiger partial charge in [-0.2, -0.15) is 5.10 Å². The highest BCUT2D eigenvalue weighted by Gasteiger charge is 2.08. The first-order valence-corrected chi connectivity index (χ1v) is 4.57. The number of carbonyl (C=O) groups excluding carboxylic acids is 2. The Kier molecular flexibility index (Phi) is 5.52. The quantitative estimate of drug-likeness (QED) is 0.508. The van der Waals surface area contributed by atoms with E-state index in [0.29, 0.717) is 12.1 Å². The lowest BCUT2D eigenvalue weighted by Gasteiger charge is -2.12. The predicted molar refractivity (Wildman–Crippen MR) is 54.8 cm³/mol. The van der Waals surface area contributed by atoms with E-state index in [1.807, 2.05) is 6.92 Å². The molecular formula is C9H17N3O2. The van der Waals surface area contributed by atoms with Crippen LogP contribution in [0.5, 0.6) is 0 Å². The van der Waals surface area contributed by atoms with Crippen LogP contribution < -0.4 is 10.7 Å². The van der Waals surface area contributed by atoms with Gasteiger partial charge in [0.25, 0.3) is 0 Å². The molecule has 0 aliphatic carbocycles. The Balaban J connectivity index is 4.10. The van der Waals surface area contributed by atoms with Crippen LogP contribution in [0, 0.1) is 0 Å². The third-order valence-corrected chi connectivity index (χ3v) is 1.71. The molecule has 80 valence electrons. The van der Waals surface area contributed by atoms with E-state index in [-0.39, 0.29) is 17.9 Å². The maximum atomic E-state index is 11.0. The number of nitrogens with zero attached hydrogens (tertiary/aromatic N) is 1. The van der Waals surface area contributed by atoms with E-state index in [1.54, 1.807) is 13.8 Å². The number of hydrogen-bond acceptors (Lipinski definition) is 3. The van der Waals surface area contributed by atoms with Crippen LogP contribution in [0.4, 0.5) is 0 Å². The van der Waals surface area contributed by atoms with E-state index in [4.69, 9.17) is 0 Å². The molecule has 0 aliphatic rings. The Morgan fingerprint density at radius 1 is 1.36 bits per heavy atom. The van der Waals surface area contributed by atoms with E-state index in [9.17, 15) is 9.59 Å². The van der Waals surface area contributed by atoms with Gasteiger partial charge in [-0.15, -0.1) is 0 Å². The van der Waals surface area contributed by atoms with E-state index >= 15 is 0 Å². The minimum atomic E-state index is -0.224. The second-order valence-corrected chi connectivity index (χ2v) is 3.06. The summed E-state index contributed by atoms with van der Waals surface area (Å²) in [4.78, 5) is 21.6. The normalized spacial score (nSPS) is 13.3. The van der Waals surface area contributed by atoms with E-state index in [1.165, 1.54) is 6.92 Å². The molecule has 5 nitrogen and oxygen atoms in total. The van der Waals surface area contributed by atoms with Crippen molar-refractivity contribution in [2.45, 2.75) is 40.2 Å². The van der Waals surface area contributed by atoms with Gasteiger partial charge in [-0.25, -0.2) is 5.43 Å². The molecule has 0 spiro atoms. The summed E-state index contributed by atoms with van der Waals surface area (Å²) < 4.78 is 0. The van der Waals surface area contributed by atoms with Crippen LogP contribution in [-0.2, 0) is 9.59 Å². The number of carbonyl (C=O) groups is 2. The summed E-state index contributed by atoms with van der Waals surface area (Å²) in [5.41, 5.74) is 2.98. The van der Waals surface area contributed by atoms with Crippen molar-refractivity contribution in [3.8, 4) is 0 Å². The fourth-order valence-corrected chi connectivity index (χ4v) is 0.712. The largest absolute Gasteiger partial charge is 0.348 e. The zero-order valence-corrected chi connectivity index (χ0v) is 9.05. The molecule has 0 rings (SSSR count). The molecule has 0 aliphatic heterocycles. The smallest absolute Gasteiger partial charge is 0.236 e. The summed E-state index contributed by atoms with van der Waals surface area (Å²) in [6.45, 7) is 6.72. The molecule has 0 saturated heterocycles. The van der Waals surface area contributed by atoms with Crippen molar-refractivity contribution >= 4 is 17.5 Å². The molecule has 0 bridgehead atoms. The minimum absolute atomic E-state index is 0.0325. The Morgan fingerprint density at radius 2 is 1.93 bits per heavy atom. The minimum Gasteiger partial charge on any atom is -0.348 e. The summed E-state index contributed by atoms with van der Waals surface area (Å²) in [6.07, 6.45) is 0.442. The number of nitrogens with one attached hydrogen (secondary N) is 2. The molecule has 0 saturated carbocycles.